The van der Waals surface area contributed by atoms with Crippen molar-refractivity contribution in [2.24, 2.45) is 4.99 Å². The zero-order valence-corrected chi connectivity index (χ0v) is 26.2. The van der Waals surface area contributed by atoms with Crippen LogP contribution in [0.2, 0.25) is 0 Å². The van der Waals surface area contributed by atoms with Crippen LogP contribution in [-0.2, 0) is 10.2 Å². The molecule has 1 saturated carbocycles. The lowest BCUT2D eigenvalue weighted by Crippen LogP contribution is -2.50. The maximum absolute atomic E-state index is 12.3. The normalized spacial score (nSPS) is 17.0. The fraction of sp³-hybridized carbons (Fsp3) is 0.424. The van der Waals surface area contributed by atoms with Crippen molar-refractivity contribution < 1.29 is 23.8 Å². The minimum Gasteiger partial charge on any atom is -0.490 e. The Bertz CT molecular complexity index is 1440. The van der Waals surface area contributed by atoms with Gasteiger partial charge in [0.1, 0.15) is 29.0 Å². The number of aliphatic imine (C=N–C) groups is 1. The molecule has 1 aliphatic rings. The van der Waals surface area contributed by atoms with Crippen molar-refractivity contribution >= 4 is 17.8 Å². The van der Waals surface area contributed by atoms with Crippen molar-refractivity contribution in [3.63, 3.8) is 0 Å². The molecule has 0 aliphatic heterocycles. The van der Waals surface area contributed by atoms with E-state index in [0.717, 1.165) is 29.7 Å². The molecule has 1 aromatic heterocycles. The number of nitrogens with one attached hydrogen (secondary N) is 1. The summed E-state index contributed by atoms with van der Waals surface area (Å²) in [7, 11) is 3.63. The molecule has 10 heteroatoms. The molecule has 1 aliphatic carbocycles. The van der Waals surface area contributed by atoms with Crippen LogP contribution in [0.4, 0.5) is 4.79 Å². The quantitative estimate of drug-likeness (QED) is 0.247. The lowest BCUT2D eigenvalue weighted by molar-refractivity contribution is 0.0362. The largest absolute Gasteiger partial charge is 0.490 e. The maximum atomic E-state index is 12.3. The number of aromatic nitrogens is 2. The first-order valence-electron chi connectivity index (χ1n) is 14.4. The Morgan fingerprint density at radius 2 is 1.44 bits per heavy atom. The lowest BCUT2D eigenvalue weighted by atomic mass is 9.78. The van der Waals surface area contributed by atoms with E-state index in [4.69, 9.17) is 14.2 Å². The summed E-state index contributed by atoms with van der Waals surface area (Å²) in [5, 5.41) is 10.9. The Balaban J connectivity index is 1.30. The summed E-state index contributed by atoms with van der Waals surface area (Å²) in [6.07, 6.45) is 1.17. The molecule has 3 aromatic rings. The average Bonchev–Trinajstić information content (AvgIpc) is 2.91. The first kappa shape index (κ1) is 31.5. The summed E-state index contributed by atoms with van der Waals surface area (Å²) >= 11 is 0. The number of benzene rings is 2. The molecule has 0 radical (unpaired) electrons. The van der Waals surface area contributed by atoms with Gasteiger partial charge in [0.15, 0.2) is 5.69 Å². The van der Waals surface area contributed by atoms with E-state index in [1.807, 2.05) is 71.3 Å². The highest BCUT2D eigenvalue weighted by Crippen LogP contribution is 2.35. The van der Waals surface area contributed by atoms with Crippen LogP contribution in [0.25, 0.3) is 0 Å². The molecule has 0 atom stereocenters. The molecule has 4 rings (SSSR count). The van der Waals surface area contributed by atoms with E-state index in [1.54, 1.807) is 24.0 Å². The molecule has 0 spiro atoms. The molecule has 2 amide bonds. The summed E-state index contributed by atoms with van der Waals surface area (Å²) < 4.78 is 17.3. The molecular weight excluding hydrogens is 546 g/mol. The number of hydrogen-bond donors (Lipinski definition) is 1. The number of amides is 2. The Kier molecular flexibility index (Phi) is 9.37. The van der Waals surface area contributed by atoms with E-state index >= 15 is 0 Å². The van der Waals surface area contributed by atoms with Gasteiger partial charge in [0.05, 0.1) is 0 Å². The highest BCUT2D eigenvalue weighted by atomic mass is 16.6. The third kappa shape index (κ3) is 8.53. The summed E-state index contributed by atoms with van der Waals surface area (Å²) in [6, 6.07) is 19.2. The molecular formula is C33H41N5O5. The van der Waals surface area contributed by atoms with Gasteiger partial charge in [0.2, 0.25) is 5.88 Å². The second-order valence-electron chi connectivity index (χ2n) is 12.4. The summed E-state index contributed by atoms with van der Waals surface area (Å²) in [6.45, 7) is 11.6. The summed E-state index contributed by atoms with van der Waals surface area (Å²) in [5.41, 5.74) is 1.63. The Morgan fingerprint density at radius 3 is 1.95 bits per heavy atom. The van der Waals surface area contributed by atoms with E-state index < -0.39 is 11.5 Å². The van der Waals surface area contributed by atoms with Crippen LogP contribution in [0, 0.1) is 0 Å². The van der Waals surface area contributed by atoms with Crippen LogP contribution in [0.3, 0.4) is 0 Å². The number of ether oxygens (including phenoxy) is 3. The second kappa shape index (κ2) is 12.8. The SMILES string of the molecule is CC(=NC(=O)c1ccc(Oc2ccc(C(C)(C)c3ccc(OC4CC(NC(=O)OC(C)(C)C)C4)cc3)cc2)nn1)N(C)C. The number of amidine groups is 1. The van der Waals surface area contributed by atoms with E-state index in [0.29, 0.717) is 11.6 Å². The standard InChI is InChI=1S/C33H41N5O5/c1-21(38(7)8)34-30(39)28-17-18-29(37-36-28)42-26-15-11-23(12-16-26)33(5,6)22-9-13-25(14-10-22)41-27-19-24(20-27)35-31(40)43-32(2,3)4/h9-18,24,27H,19-20H2,1-8H3,(H,35,40). The minimum atomic E-state index is -0.512. The Labute approximate surface area is 253 Å². The highest BCUT2D eigenvalue weighted by Gasteiger charge is 2.33. The van der Waals surface area contributed by atoms with E-state index in [-0.39, 0.29) is 35.2 Å². The Hall–Kier alpha value is -4.47. The van der Waals surface area contributed by atoms with Gasteiger partial charge in [-0.2, -0.15) is 4.99 Å². The van der Waals surface area contributed by atoms with Gasteiger partial charge >= 0.3 is 6.09 Å². The molecule has 1 heterocycles. The average molecular weight is 588 g/mol. The zero-order chi connectivity index (χ0) is 31.4. The molecule has 228 valence electrons. The van der Waals surface area contributed by atoms with Crippen LogP contribution in [0.5, 0.6) is 17.4 Å². The topological polar surface area (TPSA) is 115 Å². The van der Waals surface area contributed by atoms with Gasteiger partial charge in [-0.1, -0.05) is 38.1 Å². The molecule has 0 saturated heterocycles. The van der Waals surface area contributed by atoms with Crippen molar-refractivity contribution in [1.82, 2.24) is 20.4 Å². The fourth-order valence-corrected chi connectivity index (χ4v) is 4.42. The number of hydrogen-bond acceptors (Lipinski definition) is 7. The molecule has 43 heavy (non-hydrogen) atoms. The van der Waals surface area contributed by atoms with Crippen LogP contribution < -0.4 is 14.8 Å². The van der Waals surface area contributed by atoms with Crippen LogP contribution in [0.1, 0.15) is 76.0 Å². The van der Waals surface area contributed by atoms with Crippen LogP contribution in [-0.4, -0.2) is 64.8 Å². The molecule has 0 bridgehead atoms. The summed E-state index contributed by atoms with van der Waals surface area (Å²) in [4.78, 5) is 30.0. The molecule has 0 unspecified atom stereocenters. The van der Waals surface area contributed by atoms with E-state index in [2.05, 4.69) is 46.5 Å². The van der Waals surface area contributed by atoms with Gasteiger partial charge < -0.3 is 24.4 Å². The van der Waals surface area contributed by atoms with Crippen molar-refractivity contribution in [3.05, 3.63) is 77.5 Å². The first-order valence-corrected chi connectivity index (χ1v) is 14.4. The van der Waals surface area contributed by atoms with Crippen LogP contribution in [0.15, 0.2) is 65.7 Å². The van der Waals surface area contributed by atoms with Crippen molar-refractivity contribution in [1.29, 1.82) is 0 Å². The van der Waals surface area contributed by atoms with Gasteiger partial charge in [-0.05, 0) is 69.2 Å². The Morgan fingerprint density at radius 1 is 0.860 bits per heavy atom. The fourth-order valence-electron chi connectivity index (χ4n) is 4.42. The number of nitrogens with zero attached hydrogens (tertiary/aromatic N) is 4. The first-order chi connectivity index (χ1) is 20.2. The maximum Gasteiger partial charge on any atom is 0.407 e. The number of carbonyl (C=O) groups excluding carboxylic acids is 2. The van der Waals surface area contributed by atoms with Gasteiger partial charge in [0, 0.05) is 44.5 Å². The molecule has 2 aromatic carbocycles. The minimum absolute atomic E-state index is 0.0634. The monoisotopic (exact) mass is 587 g/mol. The summed E-state index contributed by atoms with van der Waals surface area (Å²) in [5.74, 6) is 1.82. The number of alkyl carbamates (subject to hydrolysis) is 1. The molecule has 1 fully saturated rings. The van der Waals surface area contributed by atoms with Crippen molar-refractivity contribution in [2.45, 2.75) is 77.5 Å². The third-order valence-corrected chi connectivity index (χ3v) is 7.26. The number of rotatable bonds is 8. The predicted octanol–water partition coefficient (Wildman–Crippen LogP) is 6.15. The second-order valence-corrected chi connectivity index (χ2v) is 12.4. The van der Waals surface area contributed by atoms with Gasteiger partial charge in [-0.25, -0.2) is 4.79 Å². The van der Waals surface area contributed by atoms with E-state index in [1.165, 1.54) is 0 Å². The lowest BCUT2D eigenvalue weighted by Gasteiger charge is -2.36. The van der Waals surface area contributed by atoms with Crippen LogP contribution >= 0.6 is 0 Å². The highest BCUT2D eigenvalue weighted by molar-refractivity contribution is 6.01. The smallest absolute Gasteiger partial charge is 0.407 e. The van der Waals surface area contributed by atoms with Crippen molar-refractivity contribution in [2.75, 3.05) is 14.1 Å². The number of carbonyl (C=O) groups is 2. The van der Waals surface area contributed by atoms with Gasteiger partial charge in [0.25, 0.3) is 5.91 Å². The third-order valence-electron chi connectivity index (χ3n) is 7.26. The molecule has 1 N–H and O–H groups in total. The van der Waals surface area contributed by atoms with Gasteiger partial charge in [-0.3, -0.25) is 4.79 Å². The van der Waals surface area contributed by atoms with E-state index in [9.17, 15) is 9.59 Å². The zero-order valence-electron chi connectivity index (χ0n) is 26.2. The van der Waals surface area contributed by atoms with Crippen molar-refractivity contribution in [3.8, 4) is 17.4 Å². The molecule has 10 nitrogen and oxygen atoms in total. The predicted molar refractivity (Wildman–Crippen MR) is 165 cm³/mol. The van der Waals surface area contributed by atoms with Gasteiger partial charge in [-0.15, -0.1) is 10.2 Å².